The van der Waals surface area contributed by atoms with Gasteiger partial charge in [0.2, 0.25) is 0 Å². The molecular weight excluding hydrogens is 340 g/mol. The molecule has 1 N–H and O–H groups in total. The summed E-state index contributed by atoms with van der Waals surface area (Å²) in [6, 6.07) is 1.99. The van der Waals surface area contributed by atoms with Crippen molar-refractivity contribution in [3.8, 4) is 0 Å². The van der Waals surface area contributed by atoms with Crippen molar-refractivity contribution >= 4 is 18.4 Å². The van der Waals surface area contributed by atoms with Crippen molar-refractivity contribution in [2.75, 3.05) is 18.2 Å². The van der Waals surface area contributed by atoms with Gasteiger partial charge in [-0.3, -0.25) is 4.79 Å². The zero-order valence-electron chi connectivity index (χ0n) is 17.8. The lowest BCUT2D eigenvalue weighted by Gasteiger charge is -2.25. The Morgan fingerprint density at radius 3 is 2.59 bits per heavy atom. The van der Waals surface area contributed by atoms with Gasteiger partial charge in [-0.2, -0.15) is 5.10 Å². The zero-order chi connectivity index (χ0) is 20.4. The Labute approximate surface area is 163 Å². The van der Waals surface area contributed by atoms with Gasteiger partial charge < -0.3 is 10.1 Å². The molecule has 0 radical (unpaired) electrons. The smallest absolute Gasteiger partial charge is 0.251 e. The summed E-state index contributed by atoms with van der Waals surface area (Å²) in [6.45, 7) is 19.4. The standard InChI is InChI=1S/C21H34N4O2/c1-13(2)18-9-17(15(5)19(24-18)25(22-8)14(3)4)20(26)23-11-16-10-21(6,7)12-27-16/h9,13-14,16H,8,10-12H2,1-7H3,(H,23,26). The highest BCUT2D eigenvalue weighted by Gasteiger charge is 2.32. The first-order valence-corrected chi connectivity index (χ1v) is 9.73. The van der Waals surface area contributed by atoms with E-state index in [0.29, 0.717) is 17.9 Å². The monoisotopic (exact) mass is 374 g/mol. The Balaban J connectivity index is 2.27. The molecule has 0 saturated carbocycles. The van der Waals surface area contributed by atoms with Crippen LogP contribution in [0.15, 0.2) is 11.2 Å². The average molecular weight is 375 g/mol. The van der Waals surface area contributed by atoms with Crippen LogP contribution in [0.1, 0.15) is 75.5 Å². The minimum Gasteiger partial charge on any atom is -0.376 e. The number of rotatable bonds is 7. The van der Waals surface area contributed by atoms with Crippen LogP contribution in [0.5, 0.6) is 0 Å². The molecule has 1 unspecified atom stereocenters. The van der Waals surface area contributed by atoms with E-state index in [1.807, 2.05) is 26.8 Å². The molecule has 6 heteroatoms. The molecule has 0 spiro atoms. The molecule has 1 aliphatic heterocycles. The first-order valence-electron chi connectivity index (χ1n) is 9.73. The quantitative estimate of drug-likeness (QED) is 0.581. The second-order valence-corrected chi connectivity index (χ2v) is 8.79. The van der Waals surface area contributed by atoms with Gasteiger partial charge >= 0.3 is 0 Å². The molecule has 1 aromatic rings. The van der Waals surface area contributed by atoms with Crippen LogP contribution in [0.4, 0.5) is 5.82 Å². The second kappa shape index (κ2) is 8.38. The largest absolute Gasteiger partial charge is 0.376 e. The number of ether oxygens (including phenoxy) is 1. The van der Waals surface area contributed by atoms with Crippen LogP contribution < -0.4 is 10.3 Å². The Morgan fingerprint density at radius 1 is 1.44 bits per heavy atom. The number of nitrogens with zero attached hydrogens (tertiary/aromatic N) is 3. The van der Waals surface area contributed by atoms with Crippen molar-refractivity contribution in [3.05, 3.63) is 22.9 Å². The lowest BCUT2D eigenvalue weighted by atomic mass is 9.90. The Hall–Kier alpha value is -1.95. The van der Waals surface area contributed by atoms with Crippen LogP contribution in [0.2, 0.25) is 0 Å². The van der Waals surface area contributed by atoms with Crippen LogP contribution in [-0.2, 0) is 4.74 Å². The number of aromatic nitrogens is 1. The number of hydrogen-bond acceptors (Lipinski definition) is 5. The predicted molar refractivity (Wildman–Crippen MR) is 111 cm³/mol. The van der Waals surface area contributed by atoms with E-state index in [0.717, 1.165) is 24.3 Å². The molecule has 1 saturated heterocycles. The van der Waals surface area contributed by atoms with Gasteiger partial charge in [-0.15, -0.1) is 0 Å². The fraction of sp³-hybridized carbons (Fsp3) is 0.667. The molecule has 2 heterocycles. The average Bonchev–Trinajstić information content (AvgIpc) is 2.93. The maximum Gasteiger partial charge on any atom is 0.251 e. The third-order valence-electron chi connectivity index (χ3n) is 4.94. The summed E-state index contributed by atoms with van der Waals surface area (Å²) >= 11 is 0. The van der Waals surface area contributed by atoms with Crippen molar-refractivity contribution in [3.63, 3.8) is 0 Å². The van der Waals surface area contributed by atoms with Crippen LogP contribution in [0.3, 0.4) is 0 Å². The minimum absolute atomic E-state index is 0.0668. The summed E-state index contributed by atoms with van der Waals surface area (Å²) in [7, 11) is 0. The lowest BCUT2D eigenvalue weighted by Crippen LogP contribution is -2.33. The van der Waals surface area contributed by atoms with E-state index in [-0.39, 0.29) is 29.4 Å². The minimum atomic E-state index is -0.0980. The molecule has 6 nitrogen and oxygen atoms in total. The summed E-state index contributed by atoms with van der Waals surface area (Å²) < 4.78 is 5.80. The third kappa shape index (κ3) is 5.06. The molecule has 1 aliphatic rings. The van der Waals surface area contributed by atoms with E-state index < -0.39 is 0 Å². The number of amides is 1. The highest BCUT2D eigenvalue weighted by molar-refractivity contribution is 5.97. The Kier molecular flexibility index (Phi) is 6.63. The van der Waals surface area contributed by atoms with Crippen molar-refractivity contribution in [1.29, 1.82) is 0 Å². The van der Waals surface area contributed by atoms with Crippen LogP contribution in [-0.4, -0.2) is 42.9 Å². The Bertz CT molecular complexity index is 698. The van der Waals surface area contributed by atoms with Gasteiger partial charge in [0.1, 0.15) is 0 Å². The van der Waals surface area contributed by atoms with Crippen LogP contribution >= 0.6 is 0 Å². The van der Waals surface area contributed by atoms with Crippen LogP contribution in [0, 0.1) is 12.3 Å². The van der Waals surface area contributed by atoms with E-state index in [9.17, 15) is 4.79 Å². The second-order valence-electron chi connectivity index (χ2n) is 8.79. The predicted octanol–water partition coefficient (Wildman–Crippen LogP) is 3.89. The maximum absolute atomic E-state index is 12.9. The number of carbonyl (C=O) groups is 1. The zero-order valence-corrected chi connectivity index (χ0v) is 17.8. The number of hydrazone groups is 1. The molecule has 0 aromatic carbocycles. The highest BCUT2D eigenvalue weighted by atomic mass is 16.5. The molecule has 1 atom stereocenters. The first kappa shape index (κ1) is 21.4. The summed E-state index contributed by atoms with van der Waals surface area (Å²) in [4.78, 5) is 17.7. The highest BCUT2D eigenvalue weighted by Crippen LogP contribution is 2.31. The normalized spacial score (nSPS) is 18.8. The number of carbonyl (C=O) groups excluding carboxylic acids is 1. The molecule has 1 fully saturated rings. The van der Waals surface area contributed by atoms with Crippen molar-refractivity contribution in [2.24, 2.45) is 10.5 Å². The maximum atomic E-state index is 12.9. The third-order valence-corrected chi connectivity index (χ3v) is 4.94. The number of pyridine rings is 1. The van der Waals surface area contributed by atoms with Crippen molar-refractivity contribution in [2.45, 2.75) is 73.0 Å². The number of anilines is 1. The SMILES string of the molecule is C=NN(c1nc(C(C)C)cc(C(=O)NCC2CC(C)(C)CO2)c1C)C(C)C. The lowest BCUT2D eigenvalue weighted by molar-refractivity contribution is 0.0831. The number of hydrogen-bond donors (Lipinski definition) is 1. The molecule has 0 aliphatic carbocycles. The molecule has 1 amide bonds. The van der Waals surface area contributed by atoms with Gasteiger partial charge in [0.25, 0.3) is 5.91 Å². The summed E-state index contributed by atoms with van der Waals surface area (Å²) in [5.41, 5.74) is 2.49. The van der Waals surface area contributed by atoms with E-state index in [2.05, 4.69) is 44.8 Å². The van der Waals surface area contributed by atoms with Crippen LogP contribution in [0.25, 0.3) is 0 Å². The molecular formula is C21H34N4O2. The first-order chi connectivity index (χ1) is 12.6. The molecule has 1 aromatic heterocycles. The fourth-order valence-electron chi connectivity index (χ4n) is 3.35. The molecule has 150 valence electrons. The number of nitrogens with one attached hydrogen (secondary N) is 1. The topological polar surface area (TPSA) is 66.8 Å². The fourth-order valence-corrected chi connectivity index (χ4v) is 3.35. The summed E-state index contributed by atoms with van der Waals surface area (Å²) in [5.74, 6) is 0.794. The Morgan fingerprint density at radius 2 is 2.11 bits per heavy atom. The van der Waals surface area contributed by atoms with Gasteiger partial charge in [-0.05, 0) is 44.6 Å². The molecule has 27 heavy (non-hydrogen) atoms. The van der Waals surface area contributed by atoms with E-state index in [4.69, 9.17) is 9.72 Å². The van der Waals surface area contributed by atoms with E-state index in [1.54, 1.807) is 5.01 Å². The van der Waals surface area contributed by atoms with Gasteiger partial charge in [0.15, 0.2) is 5.82 Å². The molecule has 2 rings (SSSR count). The molecule has 0 bridgehead atoms. The van der Waals surface area contributed by atoms with Crippen molar-refractivity contribution in [1.82, 2.24) is 10.3 Å². The van der Waals surface area contributed by atoms with E-state index >= 15 is 0 Å². The van der Waals surface area contributed by atoms with E-state index in [1.165, 1.54) is 0 Å². The van der Waals surface area contributed by atoms with Gasteiger partial charge in [-0.1, -0.05) is 27.7 Å². The van der Waals surface area contributed by atoms with Crippen molar-refractivity contribution < 1.29 is 9.53 Å². The summed E-state index contributed by atoms with van der Waals surface area (Å²) in [5, 5.41) is 8.92. The summed E-state index contributed by atoms with van der Waals surface area (Å²) in [6.07, 6.45) is 1.02. The van der Waals surface area contributed by atoms with Gasteiger partial charge in [0.05, 0.1) is 12.7 Å². The van der Waals surface area contributed by atoms with Gasteiger partial charge in [-0.25, -0.2) is 9.99 Å². The van der Waals surface area contributed by atoms with Gasteiger partial charge in [0, 0.05) is 36.1 Å².